The molecule has 2 unspecified atom stereocenters. The van der Waals surface area contributed by atoms with Crippen LogP contribution in [-0.2, 0) is 4.74 Å². The number of rotatable bonds is 1. The summed E-state index contributed by atoms with van der Waals surface area (Å²) in [5, 5.41) is 9.37. The Bertz CT molecular complexity index is 324. The summed E-state index contributed by atoms with van der Waals surface area (Å²) in [4.78, 5) is 14.0. The SMILES string of the molecule is CC(C)(C)OC(=O)N1C2CCC1CC(N)(CO)C2. The van der Waals surface area contributed by atoms with Gasteiger partial charge in [0.15, 0.2) is 0 Å². The van der Waals surface area contributed by atoms with E-state index in [0.29, 0.717) is 12.8 Å². The molecule has 5 heteroatoms. The lowest BCUT2D eigenvalue weighted by Gasteiger charge is -2.43. The van der Waals surface area contributed by atoms with Crippen molar-refractivity contribution in [2.24, 2.45) is 5.73 Å². The average molecular weight is 256 g/mol. The zero-order valence-electron chi connectivity index (χ0n) is 11.5. The molecule has 2 aliphatic rings. The van der Waals surface area contributed by atoms with Crippen LogP contribution in [0.5, 0.6) is 0 Å². The Morgan fingerprint density at radius 2 is 1.89 bits per heavy atom. The van der Waals surface area contributed by atoms with E-state index in [1.54, 1.807) is 0 Å². The van der Waals surface area contributed by atoms with Crippen molar-refractivity contribution in [2.75, 3.05) is 6.61 Å². The van der Waals surface area contributed by atoms with Crippen LogP contribution in [0.3, 0.4) is 0 Å². The highest BCUT2D eigenvalue weighted by Gasteiger charge is 2.49. The van der Waals surface area contributed by atoms with E-state index in [-0.39, 0.29) is 24.8 Å². The summed E-state index contributed by atoms with van der Waals surface area (Å²) in [5.74, 6) is 0. The van der Waals surface area contributed by atoms with Gasteiger partial charge in [0.2, 0.25) is 0 Å². The van der Waals surface area contributed by atoms with Crippen LogP contribution in [0.25, 0.3) is 0 Å². The molecule has 0 aliphatic carbocycles. The summed E-state index contributed by atoms with van der Waals surface area (Å²) in [7, 11) is 0. The van der Waals surface area contributed by atoms with E-state index < -0.39 is 11.1 Å². The number of carbonyl (C=O) groups is 1. The predicted octanol–water partition coefficient (Wildman–Crippen LogP) is 1.24. The van der Waals surface area contributed by atoms with Gasteiger partial charge < -0.3 is 20.5 Å². The van der Waals surface area contributed by atoms with Crippen molar-refractivity contribution in [1.29, 1.82) is 0 Å². The van der Waals surface area contributed by atoms with Crippen LogP contribution in [0.2, 0.25) is 0 Å². The Kier molecular flexibility index (Phi) is 3.32. The number of ether oxygens (including phenoxy) is 1. The number of carbonyl (C=O) groups excluding carboxylic acids is 1. The van der Waals surface area contributed by atoms with Crippen LogP contribution >= 0.6 is 0 Å². The highest BCUT2D eigenvalue weighted by atomic mass is 16.6. The number of fused-ring (bicyclic) bond motifs is 2. The van der Waals surface area contributed by atoms with E-state index in [0.717, 1.165) is 12.8 Å². The van der Waals surface area contributed by atoms with Crippen LogP contribution in [0.1, 0.15) is 46.5 Å². The molecule has 0 saturated carbocycles. The predicted molar refractivity (Wildman–Crippen MR) is 68.1 cm³/mol. The second-order valence-corrected chi connectivity index (χ2v) is 6.70. The third kappa shape index (κ3) is 2.62. The first-order valence-corrected chi connectivity index (χ1v) is 6.65. The van der Waals surface area contributed by atoms with E-state index in [4.69, 9.17) is 10.5 Å². The lowest BCUT2D eigenvalue weighted by Crippen LogP contribution is -2.59. The normalized spacial score (nSPS) is 35.7. The number of hydrogen-bond donors (Lipinski definition) is 2. The lowest BCUT2D eigenvalue weighted by atomic mass is 9.84. The molecule has 3 N–H and O–H groups in total. The number of amides is 1. The van der Waals surface area contributed by atoms with Gasteiger partial charge in [-0.1, -0.05) is 0 Å². The van der Waals surface area contributed by atoms with Crippen molar-refractivity contribution < 1.29 is 14.6 Å². The molecule has 18 heavy (non-hydrogen) atoms. The van der Waals surface area contributed by atoms with E-state index in [9.17, 15) is 9.90 Å². The maximum absolute atomic E-state index is 12.2. The zero-order chi connectivity index (χ0) is 13.6. The number of aliphatic hydroxyl groups is 1. The van der Waals surface area contributed by atoms with Gasteiger partial charge in [0.25, 0.3) is 0 Å². The molecular formula is C13H24N2O3. The van der Waals surface area contributed by atoms with Crippen molar-refractivity contribution in [1.82, 2.24) is 4.90 Å². The number of hydrogen-bond acceptors (Lipinski definition) is 4. The van der Waals surface area contributed by atoms with Gasteiger partial charge in [-0.25, -0.2) is 4.79 Å². The van der Waals surface area contributed by atoms with Gasteiger partial charge in [0.1, 0.15) is 5.60 Å². The van der Waals surface area contributed by atoms with Crippen LogP contribution in [-0.4, -0.2) is 45.9 Å². The van der Waals surface area contributed by atoms with Crippen molar-refractivity contribution in [3.63, 3.8) is 0 Å². The molecule has 2 aliphatic heterocycles. The zero-order valence-corrected chi connectivity index (χ0v) is 11.5. The topological polar surface area (TPSA) is 75.8 Å². The number of piperidine rings is 1. The Labute approximate surface area is 108 Å². The van der Waals surface area contributed by atoms with Gasteiger partial charge in [0, 0.05) is 17.6 Å². The first kappa shape index (κ1) is 13.6. The monoisotopic (exact) mass is 256 g/mol. The molecule has 2 fully saturated rings. The Morgan fingerprint density at radius 3 is 2.28 bits per heavy atom. The maximum Gasteiger partial charge on any atom is 0.410 e. The van der Waals surface area contributed by atoms with Gasteiger partial charge in [0.05, 0.1) is 6.61 Å². The fourth-order valence-corrected chi connectivity index (χ4v) is 3.13. The molecule has 5 nitrogen and oxygen atoms in total. The van der Waals surface area contributed by atoms with Crippen LogP contribution < -0.4 is 5.73 Å². The molecule has 104 valence electrons. The van der Waals surface area contributed by atoms with Crippen LogP contribution in [0, 0.1) is 0 Å². The third-order valence-corrected chi connectivity index (χ3v) is 3.82. The molecule has 2 atom stereocenters. The standard InChI is InChI=1S/C13H24N2O3/c1-12(2,3)18-11(17)15-9-4-5-10(15)7-13(14,6-9)8-16/h9-10,16H,4-8,14H2,1-3H3. The van der Waals surface area contributed by atoms with Gasteiger partial charge in [-0.05, 0) is 46.5 Å². The number of nitrogens with two attached hydrogens (primary N) is 1. The second-order valence-electron chi connectivity index (χ2n) is 6.70. The molecule has 0 aromatic carbocycles. The summed E-state index contributed by atoms with van der Waals surface area (Å²) >= 11 is 0. The molecule has 0 spiro atoms. The molecule has 1 amide bonds. The van der Waals surface area contributed by atoms with Crippen LogP contribution in [0.15, 0.2) is 0 Å². The summed E-state index contributed by atoms with van der Waals surface area (Å²) in [5.41, 5.74) is 5.15. The number of nitrogens with zero attached hydrogens (tertiary/aromatic N) is 1. The van der Waals surface area contributed by atoms with Gasteiger partial charge in [-0.3, -0.25) is 0 Å². The third-order valence-electron chi connectivity index (χ3n) is 3.82. The van der Waals surface area contributed by atoms with Gasteiger partial charge in [-0.2, -0.15) is 0 Å². The highest BCUT2D eigenvalue weighted by molar-refractivity contribution is 5.69. The minimum absolute atomic E-state index is 0.0117. The number of aliphatic hydroxyl groups excluding tert-OH is 1. The van der Waals surface area contributed by atoms with E-state index in [2.05, 4.69) is 0 Å². The van der Waals surface area contributed by atoms with E-state index in [1.807, 2.05) is 25.7 Å². The smallest absolute Gasteiger partial charge is 0.410 e. The Morgan fingerprint density at radius 1 is 1.39 bits per heavy atom. The van der Waals surface area contributed by atoms with Crippen molar-refractivity contribution in [2.45, 2.75) is 69.7 Å². The molecular weight excluding hydrogens is 232 g/mol. The fourth-order valence-electron chi connectivity index (χ4n) is 3.13. The van der Waals surface area contributed by atoms with Gasteiger partial charge in [-0.15, -0.1) is 0 Å². The lowest BCUT2D eigenvalue weighted by molar-refractivity contribution is -0.00614. The molecule has 0 aromatic rings. The minimum Gasteiger partial charge on any atom is -0.444 e. The molecule has 0 radical (unpaired) electrons. The van der Waals surface area contributed by atoms with E-state index in [1.165, 1.54) is 0 Å². The maximum atomic E-state index is 12.2. The molecule has 2 rings (SSSR count). The summed E-state index contributed by atoms with van der Waals surface area (Å²) in [6.07, 6.45) is 3.01. The summed E-state index contributed by atoms with van der Waals surface area (Å²) in [6.45, 7) is 5.61. The van der Waals surface area contributed by atoms with Crippen LogP contribution in [0.4, 0.5) is 4.79 Å². The van der Waals surface area contributed by atoms with Crippen molar-refractivity contribution in [3.8, 4) is 0 Å². The minimum atomic E-state index is -0.523. The Hall–Kier alpha value is -0.810. The largest absolute Gasteiger partial charge is 0.444 e. The average Bonchev–Trinajstić information content (AvgIpc) is 2.50. The molecule has 2 heterocycles. The first-order valence-electron chi connectivity index (χ1n) is 6.65. The molecule has 0 aromatic heterocycles. The second kappa shape index (κ2) is 4.38. The van der Waals surface area contributed by atoms with Crippen molar-refractivity contribution >= 4 is 6.09 Å². The first-order chi connectivity index (χ1) is 8.24. The molecule has 2 saturated heterocycles. The quantitative estimate of drug-likeness (QED) is 0.740. The summed E-state index contributed by atoms with van der Waals surface area (Å²) < 4.78 is 5.44. The van der Waals surface area contributed by atoms with Gasteiger partial charge >= 0.3 is 6.09 Å². The molecule has 2 bridgehead atoms. The van der Waals surface area contributed by atoms with Crippen molar-refractivity contribution in [3.05, 3.63) is 0 Å². The highest BCUT2D eigenvalue weighted by Crippen LogP contribution is 2.40. The fraction of sp³-hybridized carbons (Fsp3) is 0.923. The van der Waals surface area contributed by atoms with E-state index >= 15 is 0 Å². The Balaban J connectivity index is 2.07. The summed E-state index contributed by atoms with van der Waals surface area (Å²) in [6, 6.07) is 0.242.